The minimum atomic E-state index is -0.279. The number of rotatable bonds is 2. The number of nitrogens with zero attached hydrogens (tertiary/aromatic N) is 5. The second-order valence-electron chi connectivity index (χ2n) is 6.00. The number of aromatic nitrogens is 4. The standard InChI is InChI=1S/C17H16ClN5O3/c1-21-10-19-13-14(16(24)22-6-8-26-9-7-22)20-23(15(13)17(21)25)12-4-2-11(18)3-5-12/h2-5,10H,6-9H2,1H3. The third-order valence-electron chi connectivity index (χ3n) is 4.32. The fourth-order valence-corrected chi connectivity index (χ4v) is 3.04. The highest BCUT2D eigenvalue weighted by Gasteiger charge is 2.27. The van der Waals surface area contributed by atoms with Crippen LogP contribution < -0.4 is 5.56 Å². The number of fused-ring (bicyclic) bond motifs is 1. The number of morpholine rings is 1. The summed E-state index contributed by atoms with van der Waals surface area (Å²) in [6, 6.07) is 6.89. The zero-order chi connectivity index (χ0) is 18.3. The highest BCUT2D eigenvalue weighted by molar-refractivity contribution is 6.30. The molecule has 8 nitrogen and oxygen atoms in total. The van der Waals surface area contributed by atoms with Gasteiger partial charge in [-0.1, -0.05) is 11.6 Å². The molecule has 4 rings (SSSR count). The van der Waals surface area contributed by atoms with Gasteiger partial charge in [0.15, 0.2) is 11.2 Å². The zero-order valence-corrected chi connectivity index (χ0v) is 14.8. The first-order valence-electron chi connectivity index (χ1n) is 8.13. The molecule has 0 saturated carbocycles. The Labute approximate surface area is 153 Å². The monoisotopic (exact) mass is 373 g/mol. The van der Waals surface area contributed by atoms with Crippen LogP contribution in [0.1, 0.15) is 10.5 Å². The molecule has 26 heavy (non-hydrogen) atoms. The molecule has 9 heteroatoms. The SMILES string of the molecule is Cn1cnc2c(C(=O)N3CCOCC3)nn(-c3ccc(Cl)cc3)c2c1=O. The Kier molecular flexibility index (Phi) is 4.21. The van der Waals surface area contributed by atoms with Crippen LogP contribution in [-0.4, -0.2) is 56.4 Å². The molecule has 0 atom stereocenters. The molecule has 1 aliphatic heterocycles. The Morgan fingerprint density at radius 2 is 1.88 bits per heavy atom. The molecule has 0 N–H and O–H groups in total. The number of aryl methyl sites for hydroxylation is 1. The molecule has 1 amide bonds. The van der Waals surface area contributed by atoms with Gasteiger partial charge in [-0.3, -0.25) is 9.59 Å². The molecule has 134 valence electrons. The Balaban J connectivity index is 1.92. The number of ether oxygens (including phenoxy) is 1. The number of halogens is 1. The Morgan fingerprint density at radius 1 is 1.19 bits per heavy atom. The average molecular weight is 374 g/mol. The Bertz CT molecular complexity index is 1030. The van der Waals surface area contributed by atoms with Gasteiger partial charge in [-0.05, 0) is 24.3 Å². The van der Waals surface area contributed by atoms with Gasteiger partial charge in [0.25, 0.3) is 11.5 Å². The predicted molar refractivity (Wildman–Crippen MR) is 95.8 cm³/mol. The fourth-order valence-electron chi connectivity index (χ4n) is 2.92. The molecule has 3 aromatic rings. The van der Waals surface area contributed by atoms with Crippen molar-refractivity contribution in [2.45, 2.75) is 0 Å². The van der Waals surface area contributed by atoms with Crippen LogP contribution >= 0.6 is 11.6 Å². The topological polar surface area (TPSA) is 82.2 Å². The molecular weight excluding hydrogens is 358 g/mol. The van der Waals surface area contributed by atoms with Gasteiger partial charge in [0, 0.05) is 25.2 Å². The van der Waals surface area contributed by atoms with Gasteiger partial charge in [0.1, 0.15) is 5.52 Å². The van der Waals surface area contributed by atoms with E-state index in [1.54, 1.807) is 36.2 Å². The molecule has 1 aromatic carbocycles. The van der Waals surface area contributed by atoms with Gasteiger partial charge in [0.05, 0.1) is 25.2 Å². The molecule has 1 aliphatic rings. The van der Waals surface area contributed by atoms with Crippen molar-refractivity contribution in [2.75, 3.05) is 26.3 Å². The lowest BCUT2D eigenvalue weighted by Gasteiger charge is -2.25. The minimum absolute atomic E-state index is 0.162. The number of carbonyl (C=O) groups excluding carboxylic acids is 1. The summed E-state index contributed by atoms with van der Waals surface area (Å²) in [5.74, 6) is -0.258. The van der Waals surface area contributed by atoms with Crippen LogP contribution in [0.4, 0.5) is 0 Å². The van der Waals surface area contributed by atoms with Crippen LogP contribution in [0.3, 0.4) is 0 Å². The van der Waals surface area contributed by atoms with Crippen LogP contribution in [-0.2, 0) is 11.8 Å². The Morgan fingerprint density at radius 3 is 2.58 bits per heavy atom. The highest BCUT2D eigenvalue weighted by atomic mass is 35.5. The van der Waals surface area contributed by atoms with E-state index in [-0.39, 0.29) is 22.7 Å². The summed E-state index contributed by atoms with van der Waals surface area (Å²) < 4.78 is 8.11. The maximum atomic E-state index is 12.9. The molecule has 0 radical (unpaired) electrons. The summed E-state index contributed by atoms with van der Waals surface area (Å²) in [7, 11) is 1.61. The lowest BCUT2D eigenvalue weighted by Crippen LogP contribution is -2.41. The summed E-state index contributed by atoms with van der Waals surface area (Å²) in [6.45, 7) is 1.94. The van der Waals surface area contributed by atoms with Gasteiger partial charge < -0.3 is 14.2 Å². The van der Waals surface area contributed by atoms with Crippen LogP contribution in [0, 0.1) is 0 Å². The van der Waals surface area contributed by atoms with E-state index in [2.05, 4.69) is 10.1 Å². The van der Waals surface area contributed by atoms with E-state index >= 15 is 0 Å². The molecular formula is C17H16ClN5O3. The summed E-state index contributed by atoms with van der Waals surface area (Å²) in [6.07, 6.45) is 1.40. The van der Waals surface area contributed by atoms with Crippen LogP contribution in [0.25, 0.3) is 16.7 Å². The minimum Gasteiger partial charge on any atom is -0.378 e. The predicted octanol–water partition coefficient (Wildman–Crippen LogP) is 1.24. The molecule has 3 heterocycles. The molecule has 0 bridgehead atoms. The normalized spacial score (nSPS) is 14.8. The van der Waals surface area contributed by atoms with Gasteiger partial charge in [-0.15, -0.1) is 0 Å². The van der Waals surface area contributed by atoms with E-state index < -0.39 is 0 Å². The Hall–Kier alpha value is -2.71. The van der Waals surface area contributed by atoms with Crippen molar-refractivity contribution in [3.63, 3.8) is 0 Å². The number of benzene rings is 1. The smallest absolute Gasteiger partial charge is 0.279 e. The second kappa shape index (κ2) is 6.54. The lowest BCUT2D eigenvalue weighted by atomic mass is 10.2. The maximum Gasteiger partial charge on any atom is 0.279 e. The van der Waals surface area contributed by atoms with Gasteiger partial charge in [-0.25, -0.2) is 9.67 Å². The molecule has 0 spiro atoms. The first kappa shape index (κ1) is 16.7. The van der Waals surface area contributed by atoms with Crippen molar-refractivity contribution in [1.29, 1.82) is 0 Å². The third kappa shape index (κ3) is 2.77. The fraction of sp³-hybridized carbons (Fsp3) is 0.294. The first-order valence-corrected chi connectivity index (χ1v) is 8.51. The second-order valence-corrected chi connectivity index (χ2v) is 6.44. The van der Waals surface area contributed by atoms with Crippen LogP contribution in [0.2, 0.25) is 5.02 Å². The summed E-state index contributed by atoms with van der Waals surface area (Å²) in [4.78, 5) is 31.6. The van der Waals surface area contributed by atoms with E-state index in [9.17, 15) is 9.59 Å². The average Bonchev–Trinajstić information content (AvgIpc) is 3.05. The molecule has 0 unspecified atom stereocenters. The molecule has 0 aliphatic carbocycles. The quantitative estimate of drug-likeness (QED) is 0.675. The summed E-state index contributed by atoms with van der Waals surface area (Å²) >= 11 is 5.95. The zero-order valence-electron chi connectivity index (χ0n) is 14.1. The van der Waals surface area contributed by atoms with Crippen molar-refractivity contribution < 1.29 is 9.53 Å². The van der Waals surface area contributed by atoms with E-state index in [0.29, 0.717) is 42.5 Å². The van der Waals surface area contributed by atoms with Gasteiger partial charge >= 0.3 is 0 Å². The molecule has 1 saturated heterocycles. The van der Waals surface area contributed by atoms with Crippen molar-refractivity contribution in [2.24, 2.45) is 7.05 Å². The van der Waals surface area contributed by atoms with Crippen molar-refractivity contribution >= 4 is 28.5 Å². The van der Waals surface area contributed by atoms with Crippen molar-refractivity contribution in [3.8, 4) is 5.69 Å². The number of carbonyl (C=O) groups is 1. The van der Waals surface area contributed by atoms with E-state index in [1.807, 2.05) is 0 Å². The van der Waals surface area contributed by atoms with Crippen molar-refractivity contribution in [3.05, 3.63) is 51.7 Å². The van der Waals surface area contributed by atoms with Gasteiger partial charge in [-0.2, -0.15) is 5.10 Å². The number of hydrogen-bond acceptors (Lipinski definition) is 5. The first-order chi connectivity index (χ1) is 12.6. The summed E-state index contributed by atoms with van der Waals surface area (Å²) in [5, 5.41) is 5.00. The third-order valence-corrected chi connectivity index (χ3v) is 4.57. The largest absolute Gasteiger partial charge is 0.378 e. The highest BCUT2D eigenvalue weighted by Crippen LogP contribution is 2.21. The summed E-state index contributed by atoms with van der Waals surface area (Å²) in [5.41, 5.74) is 1.06. The van der Waals surface area contributed by atoms with Crippen LogP contribution in [0.15, 0.2) is 35.4 Å². The number of amides is 1. The maximum absolute atomic E-state index is 12.9. The van der Waals surface area contributed by atoms with E-state index in [0.717, 1.165) is 0 Å². The van der Waals surface area contributed by atoms with Crippen LogP contribution in [0.5, 0.6) is 0 Å². The van der Waals surface area contributed by atoms with E-state index in [1.165, 1.54) is 15.6 Å². The van der Waals surface area contributed by atoms with Gasteiger partial charge in [0.2, 0.25) is 0 Å². The van der Waals surface area contributed by atoms with E-state index in [4.69, 9.17) is 16.3 Å². The molecule has 1 fully saturated rings. The lowest BCUT2D eigenvalue weighted by molar-refractivity contribution is 0.0300. The molecule has 2 aromatic heterocycles. The number of hydrogen-bond donors (Lipinski definition) is 0. The van der Waals surface area contributed by atoms with Crippen molar-refractivity contribution in [1.82, 2.24) is 24.2 Å².